The number of aromatic nitrogens is 1. The van der Waals surface area contributed by atoms with Crippen LogP contribution in [0.5, 0.6) is 0 Å². The van der Waals surface area contributed by atoms with E-state index in [1.165, 1.54) is 12.8 Å². The second-order valence-corrected chi connectivity index (χ2v) is 6.32. The molecule has 7 heteroatoms. The molecule has 1 aromatic carbocycles. The summed E-state index contributed by atoms with van der Waals surface area (Å²) in [5, 5.41) is 3.36. The van der Waals surface area contributed by atoms with Crippen molar-refractivity contribution in [2.24, 2.45) is 0 Å². The minimum absolute atomic E-state index is 0. The summed E-state index contributed by atoms with van der Waals surface area (Å²) in [6.07, 6.45) is 4.29. The second kappa shape index (κ2) is 9.64. The zero-order chi connectivity index (χ0) is 14.7. The summed E-state index contributed by atoms with van der Waals surface area (Å²) in [5.41, 5.74) is 1.04. The molecular formula is C16H22BrCl2N3O. The third-order valence-electron chi connectivity index (χ3n) is 3.97. The summed E-state index contributed by atoms with van der Waals surface area (Å²) in [4.78, 5) is 6.83. The van der Waals surface area contributed by atoms with Gasteiger partial charge in [0.1, 0.15) is 0 Å². The number of oxazole rings is 1. The summed E-state index contributed by atoms with van der Waals surface area (Å²) in [7, 11) is 2.03. The van der Waals surface area contributed by atoms with Crippen LogP contribution >= 0.6 is 40.7 Å². The summed E-state index contributed by atoms with van der Waals surface area (Å²) in [5.74, 6) is 1.61. The molecule has 23 heavy (non-hydrogen) atoms. The first kappa shape index (κ1) is 20.5. The van der Waals surface area contributed by atoms with Gasteiger partial charge in [0, 0.05) is 22.6 Å². The van der Waals surface area contributed by atoms with Crippen molar-refractivity contribution in [1.29, 1.82) is 0 Å². The van der Waals surface area contributed by atoms with Crippen molar-refractivity contribution in [2.45, 2.75) is 25.4 Å². The third-order valence-corrected chi connectivity index (χ3v) is 4.66. The Hall–Kier alpha value is -0.590. The number of likely N-dealkylation sites (tertiary alicyclic amines) is 1. The van der Waals surface area contributed by atoms with Gasteiger partial charge >= 0.3 is 0 Å². The normalized spacial score (nSPS) is 18.1. The Labute approximate surface area is 158 Å². The van der Waals surface area contributed by atoms with Gasteiger partial charge in [0.25, 0.3) is 0 Å². The SMILES string of the molecule is CNC1CCCN(Cc2ncc(-c3ccccc3Br)o2)C1.Cl.Cl. The van der Waals surface area contributed by atoms with E-state index in [-0.39, 0.29) is 24.8 Å². The Bertz CT molecular complexity index is 609. The Morgan fingerprint density at radius 1 is 1.35 bits per heavy atom. The number of likely N-dealkylation sites (N-methyl/N-ethyl adjacent to an activating group) is 1. The molecule has 4 nitrogen and oxygen atoms in total. The van der Waals surface area contributed by atoms with E-state index in [1.807, 2.05) is 37.5 Å². The number of hydrogen-bond donors (Lipinski definition) is 1. The zero-order valence-corrected chi connectivity index (χ0v) is 16.2. The fourth-order valence-electron chi connectivity index (χ4n) is 2.79. The maximum Gasteiger partial charge on any atom is 0.209 e. The van der Waals surface area contributed by atoms with Crippen molar-refractivity contribution < 1.29 is 4.42 Å². The summed E-state index contributed by atoms with van der Waals surface area (Å²) >= 11 is 3.55. The van der Waals surface area contributed by atoms with E-state index in [0.29, 0.717) is 6.04 Å². The van der Waals surface area contributed by atoms with Crippen LogP contribution in [0.15, 0.2) is 39.4 Å². The van der Waals surface area contributed by atoms with Crippen LogP contribution < -0.4 is 5.32 Å². The van der Waals surface area contributed by atoms with Gasteiger partial charge in [-0.15, -0.1) is 24.8 Å². The van der Waals surface area contributed by atoms with E-state index in [2.05, 4.69) is 31.1 Å². The number of piperidine rings is 1. The molecule has 1 N–H and O–H groups in total. The lowest BCUT2D eigenvalue weighted by molar-refractivity contribution is 0.173. The Kier molecular flexibility index (Phi) is 8.58. The molecule has 2 heterocycles. The van der Waals surface area contributed by atoms with Crippen LogP contribution in [0.25, 0.3) is 11.3 Å². The lowest BCUT2D eigenvalue weighted by atomic mass is 10.1. The molecule has 1 saturated heterocycles. The predicted octanol–water partition coefficient (Wildman–Crippen LogP) is 4.13. The molecule has 1 unspecified atom stereocenters. The first-order chi connectivity index (χ1) is 10.3. The van der Waals surface area contributed by atoms with Crippen molar-refractivity contribution in [1.82, 2.24) is 15.2 Å². The molecule has 1 atom stereocenters. The van der Waals surface area contributed by atoms with Gasteiger partial charge in [0.05, 0.1) is 12.7 Å². The third kappa shape index (κ3) is 5.19. The van der Waals surface area contributed by atoms with E-state index in [0.717, 1.165) is 41.3 Å². The fourth-order valence-corrected chi connectivity index (χ4v) is 3.28. The standard InChI is InChI=1S/C16H20BrN3O.2ClH/c1-18-12-5-4-8-20(10-12)11-16-19-9-15(21-16)13-6-2-3-7-14(13)17;;/h2-3,6-7,9,12,18H,4-5,8,10-11H2,1H3;2*1H. The number of halogens is 3. The maximum absolute atomic E-state index is 5.92. The summed E-state index contributed by atoms with van der Waals surface area (Å²) in [6, 6.07) is 8.63. The van der Waals surface area contributed by atoms with Crippen LogP contribution in [-0.4, -0.2) is 36.1 Å². The molecule has 0 bridgehead atoms. The van der Waals surface area contributed by atoms with Crippen LogP contribution in [0.4, 0.5) is 0 Å². The van der Waals surface area contributed by atoms with Gasteiger partial charge in [0.2, 0.25) is 5.89 Å². The van der Waals surface area contributed by atoms with Gasteiger partial charge in [-0.05, 0) is 32.5 Å². The molecule has 3 rings (SSSR count). The van der Waals surface area contributed by atoms with Crippen molar-refractivity contribution in [3.05, 3.63) is 40.8 Å². The summed E-state index contributed by atoms with van der Waals surface area (Å²) in [6.45, 7) is 2.96. The summed E-state index contributed by atoms with van der Waals surface area (Å²) < 4.78 is 6.95. The van der Waals surface area contributed by atoms with Crippen molar-refractivity contribution >= 4 is 40.7 Å². The van der Waals surface area contributed by atoms with E-state index in [4.69, 9.17) is 4.42 Å². The number of hydrogen-bond acceptors (Lipinski definition) is 4. The lowest BCUT2D eigenvalue weighted by Gasteiger charge is -2.31. The fraction of sp³-hybridized carbons (Fsp3) is 0.438. The van der Waals surface area contributed by atoms with Crippen LogP contribution in [0.1, 0.15) is 18.7 Å². The molecule has 1 aliphatic heterocycles. The zero-order valence-electron chi connectivity index (χ0n) is 13.0. The molecule has 0 saturated carbocycles. The van der Waals surface area contributed by atoms with Crippen LogP contribution in [0.2, 0.25) is 0 Å². The van der Waals surface area contributed by atoms with Crippen molar-refractivity contribution in [3.8, 4) is 11.3 Å². The van der Waals surface area contributed by atoms with E-state index >= 15 is 0 Å². The Morgan fingerprint density at radius 2 is 2.13 bits per heavy atom. The minimum atomic E-state index is 0. The van der Waals surface area contributed by atoms with Gasteiger partial charge in [-0.2, -0.15) is 0 Å². The van der Waals surface area contributed by atoms with Crippen LogP contribution in [0, 0.1) is 0 Å². The molecule has 1 aromatic heterocycles. The predicted molar refractivity (Wildman–Crippen MR) is 101 cm³/mol. The average molecular weight is 423 g/mol. The first-order valence-electron chi connectivity index (χ1n) is 7.35. The largest absolute Gasteiger partial charge is 0.439 e. The highest BCUT2D eigenvalue weighted by Crippen LogP contribution is 2.28. The molecule has 2 aromatic rings. The quantitative estimate of drug-likeness (QED) is 0.803. The van der Waals surface area contributed by atoms with Gasteiger partial charge in [-0.3, -0.25) is 4.90 Å². The van der Waals surface area contributed by atoms with Crippen LogP contribution in [-0.2, 0) is 6.54 Å². The molecular weight excluding hydrogens is 401 g/mol. The topological polar surface area (TPSA) is 41.3 Å². The van der Waals surface area contributed by atoms with Crippen molar-refractivity contribution in [2.75, 3.05) is 20.1 Å². The maximum atomic E-state index is 5.92. The average Bonchev–Trinajstić information content (AvgIpc) is 2.96. The van der Waals surface area contributed by atoms with Crippen molar-refractivity contribution in [3.63, 3.8) is 0 Å². The Balaban J connectivity index is 0.00000132. The first-order valence-corrected chi connectivity index (χ1v) is 8.15. The number of nitrogens with one attached hydrogen (secondary N) is 1. The molecule has 0 amide bonds. The van der Waals surface area contributed by atoms with Gasteiger partial charge in [0.15, 0.2) is 5.76 Å². The second-order valence-electron chi connectivity index (χ2n) is 5.46. The van der Waals surface area contributed by atoms with E-state index in [9.17, 15) is 0 Å². The molecule has 0 radical (unpaired) electrons. The molecule has 1 aliphatic rings. The minimum Gasteiger partial charge on any atom is -0.439 e. The van der Waals surface area contributed by atoms with Gasteiger partial charge in [-0.25, -0.2) is 4.98 Å². The lowest BCUT2D eigenvalue weighted by Crippen LogP contribution is -2.43. The van der Waals surface area contributed by atoms with E-state index in [1.54, 1.807) is 0 Å². The highest BCUT2D eigenvalue weighted by atomic mass is 79.9. The molecule has 128 valence electrons. The molecule has 0 spiro atoms. The number of benzene rings is 1. The number of nitrogens with zero attached hydrogens (tertiary/aromatic N) is 2. The number of rotatable bonds is 4. The molecule has 1 fully saturated rings. The molecule has 0 aliphatic carbocycles. The van der Waals surface area contributed by atoms with Gasteiger partial charge < -0.3 is 9.73 Å². The monoisotopic (exact) mass is 421 g/mol. The highest BCUT2D eigenvalue weighted by Gasteiger charge is 2.20. The smallest absolute Gasteiger partial charge is 0.209 e. The Morgan fingerprint density at radius 3 is 2.87 bits per heavy atom. The highest BCUT2D eigenvalue weighted by molar-refractivity contribution is 9.10. The van der Waals surface area contributed by atoms with Crippen LogP contribution in [0.3, 0.4) is 0 Å². The van der Waals surface area contributed by atoms with Gasteiger partial charge in [-0.1, -0.05) is 34.1 Å². The van der Waals surface area contributed by atoms with E-state index < -0.39 is 0 Å².